The van der Waals surface area contributed by atoms with Crippen LogP contribution >= 0.6 is 0 Å². The topological polar surface area (TPSA) is 57.7 Å². The number of carbonyl (C=O) groups is 3. The molecule has 0 aromatic heterocycles. The number of nitrogens with zero attached hydrogens (tertiary/aromatic N) is 2. The number of rotatable bonds is 6. The van der Waals surface area contributed by atoms with Crippen molar-refractivity contribution in [2.75, 3.05) is 7.05 Å². The van der Waals surface area contributed by atoms with E-state index in [1.807, 2.05) is 13.8 Å². The zero-order valence-corrected chi connectivity index (χ0v) is 16.2. The van der Waals surface area contributed by atoms with E-state index in [0.717, 1.165) is 4.90 Å². The van der Waals surface area contributed by atoms with Gasteiger partial charge in [0.1, 0.15) is 11.9 Å². The molecule has 2 aromatic rings. The predicted octanol–water partition coefficient (Wildman–Crippen LogP) is 3.50. The number of carbonyl (C=O) groups excluding carboxylic acids is 3. The molecule has 0 N–H and O–H groups in total. The lowest BCUT2D eigenvalue weighted by molar-refractivity contribution is -0.135. The highest BCUT2D eigenvalue weighted by atomic mass is 19.1. The van der Waals surface area contributed by atoms with Crippen LogP contribution in [0.15, 0.2) is 48.5 Å². The molecule has 1 aliphatic rings. The van der Waals surface area contributed by atoms with E-state index < -0.39 is 23.7 Å². The van der Waals surface area contributed by atoms with E-state index in [1.54, 1.807) is 49.5 Å². The summed E-state index contributed by atoms with van der Waals surface area (Å²) in [4.78, 5) is 41.3. The summed E-state index contributed by atoms with van der Waals surface area (Å²) in [6.45, 7) is 3.91. The molecule has 28 heavy (non-hydrogen) atoms. The van der Waals surface area contributed by atoms with Crippen molar-refractivity contribution in [2.24, 2.45) is 5.92 Å². The summed E-state index contributed by atoms with van der Waals surface area (Å²) in [5.74, 6) is -1.62. The fourth-order valence-corrected chi connectivity index (χ4v) is 3.47. The van der Waals surface area contributed by atoms with Gasteiger partial charge in [0, 0.05) is 19.2 Å². The van der Waals surface area contributed by atoms with Gasteiger partial charge in [-0.1, -0.05) is 44.2 Å². The molecule has 0 spiro atoms. The van der Waals surface area contributed by atoms with Gasteiger partial charge in [0.2, 0.25) is 5.91 Å². The molecule has 3 rings (SSSR count). The highest BCUT2D eigenvalue weighted by molar-refractivity contribution is 6.22. The van der Waals surface area contributed by atoms with E-state index in [0.29, 0.717) is 23.1 Å². The second-order valence-corrected chi connectivity index (χ2v) is 7.46. The summed E-state index contributed by atoms with van der Waals surface area (Å²) < 4.78 is 14.0. The number of imide groups is 1. The number of likely N-dealkylation sites (N-methyl/N-ethyl adjacent to an activating group) is 1. The molecule has 146 valence electrons. The molecule has 1 heterocycles. The van der Waals surface area contributed by atoms with Gasteiger partial charge in [-0.25, -0.2) is 4.39 Å². The molecule has 1 atom stereocenters. The third-order valence-electron chi connectivity index (χ3n) is 4.86. The molecule has 0 bridgehead atoms. The Hall–Kier alpha value is -3.02. The van der Waals surface area contributed by atoms with E-state index in [2.05, 4.69) is 0 Å². The molecule has 0 fully saturated rings. The first-order chi connectivity index (χ1) is 13.3. The van der Waals surface area contributed by atoms with Crippen molar-refractivity contribution in [1.29, 1.82) is 0 Å². The summed E-state index contributed by atoms with van der Waals surface area (Å²) in [6.07, 6.45) is 0.339. The number of benzene rings is 2. The second kappa shape index (κ2) is 7.92. The molecule has 1 aliphatic heterocycles. The molecular weight excluding hydrogens is 359 g/mol. The van der Waals surface area contributed by atoms with Crippen LogP contribution in [0, 0.1) is 11.7 Å². The number of hydrogen-bond acceptors (Lipinski definition) is 3. The quantitative estimate of drug-likeness (QED) is 0.719. The number of halogens is 1. The van der Waals surface area contributed by atoms with Crippen LogP contribution in [0.4, 0.5) is 4.39 Å². The Bertz CT molecular complexity index is 891. The van der Waals surface area contributed by atoms with Gasteiger partial charge in [-0.2, -0.15) is 0 Å². The van der Waals surface area contributed by atoms with Gasteiger partial charge in [-0.15, -0.1) is 0 Å². The van der Waals surface area contributed by atoms with Crippen molar-refractivity contribution in [2.45, 2.75) is 32.9 Å². The lowest BCUT2D eigenvalue weighted by Crippen LogP contribution is -2.50. The Balaban J connectivity index is 1.88. The first-order valence-corrected chi connectivity index (χ1v) is 9.26. The van der Waals surface area contributed by atoms with Gasteiger partial charge in [-0.05, 0) is 30.5 Å². The van der Waals surface area contributed by atoms with Crippen molar-refractivity contribution in [3.63, 3.8) is 0 Å². The zero-order chi connectivity index (χ0) is 20.4. The maximum Gasteiger partial charge on any atom is 0.262 e. The van der Waals surface area contributed by atoms with Gasteiger partial charge in [-0.3, -0.25) is 19.3 Å². The van der Waals surface area contributed by atoms with Crippen molar-refractivity contribution in [1.82, 2.24) is 9.80 Å². The van der Waals surface area contributed by atoms with Crippen LogP contribution in [0.25, 0.3) is 0 Å². The Kier molecular flexibility index (Phi) is 5.58. The van der Waals surface area contributed by atoms with Gasteiger partial charge in [0.05, 0.1) is 11.1 Å². The SMILES string of the molecule is CC(C)CC(C(=O)N(C)Cc1ccccc1F)N1C(=O)c2ccccc2C1=O. The van der Waals surface area contributed by atoms with Crippen LogP contribution in [0.2, 0.25) is 0 Å². The van der Waals surface area contributed by atoms with E-state index in [1.165, 1.54) is 11.0 Å². The molecular formula is C22H23FN2O3. The maximum atomic E-state index is 14.0. The third-order valence-corrected chi connectivity index (χ3v) is 4.86. The lowest BCUT2D eigenvalue weighted by atomic mass is 10.0. The van der Waals surface area contributed by atoms with Crippen molar-refractivity contribution < 1.29 is 18.8 Å². The summed E-state index contributed by atoms with van der Waals surface area (Å²) >= 11 is 0. The van der Waals surface area contributed by atoms with E-state index >= 15 is 0 Å². The van der Waals surface area contributed by atoms with Gasteiger partial charge < -0.3 is 4.90 Å². The lowest BCUT2D eigenvalue weighted by Gasteiger charge is -2.30. The number of hydrogen-bond donors (Lipinski definition) is 0. The summed E-state index contributed by atoms with van der Waals surface area (Å²) in [6, 6.07) is 11.9. The molecule has 0 saturated heterocycles. The first kappa shape index (κ1) is 19.7. The minimum Gasteiger partial charge on any atom is -0.340 e. The highest BCUT2D eigenvalue weighted by Gasteiger charge is 2.43. The molecule has 0 aliphatic carbocycles. The summed E-state index contributed by atoms with van der Waals surface area (Å²) in [5.41, 5.74) is 1.00. The maximum absolute atomic E-state index is 14.0. The second-order valence-electron chi connectivity index (χ2n) is 7.46. The van der Waals surface area contributed by atoms with Crippen molar-refractivity contribution in [3.8, 4) is 0 Å². The first-order valence-electron chi connectivity index (χ1n) is 9.26. The minimum absolute atomic E-state index is 0.0588. The van der Waals surface area contributed by atoms with Crippen LogP contribution in [0.1, 0.15) is 46.5 Å². The third kappa shape index (κ3) is 3.67. The Morgan fingerprint density at radius 1 is 1.00 bits per heavy atom. The monoisotopic (exact) mass is 382 g/mol. The van der Waals surface area contributed by atoms with Crippen molar-refractivity contribution in [3.05, 3.63) is 71.0 Å². The van der Waals surface area contributed by atoms with Crippen LogP contribution < -0.4 is 0 Å². The molecule has 1 unspecified atom stereocenters. The van der Waals surface area contributed by atoms with E-state index in [4.69, 9.17) is 0 Å². The van der Waals surface area contributed by atoms with Gasteiger partial charge >= 0.3 is 0 Å². The zero-order valence-electron chi connectivity index (χ0n) is 16.2. The number of amides is 3. The average molecular weight is 382 g/mol. The van der Waals surface area contributed by atoms with E-state index in [9.17, 15) is 18.8 Å². The van der Waals surface area contributed by atoms with Crippen molar-refractivity contribution >= 4 is 17.7 Å². The van der Waals surface area contributed by atoms with Crippen LogP contribution in [-0.2, 0) is 11.3 Å². The van der Waals surface area contributed by atoms with Crippen LogP contribution in [0.3, 0.4) is 0 Å². The summed E-state index contributed by atoms with van der Waals surface area (Å²) in [7, 11) is 1.56. The Morgan fingerprint density at radius 3 is 2.07 bits per heavy atom. The average Bonchev–Trinajstić information content (AvgIpc) is 2.92. The molecule has 0 radical (unpaired) electrons. The Morgan fingerprint density at radius 2 is 1.54 bits per heavy atom. The molecule has 5 nitrogen and oxygen atoms in total. The highest BCUT2D eigenvalue weighted by Crippen LogP contribution is 2.28. The molecule has 3 amide bonds. The van der Waals surface area contributed by atoms with Crippen LogP contribution in [0.5, 0.6) is 0 Å². The number of fused-ring (bicyclic) bond motifs is 1. The fraction of sp³-hybridized carbons (Fsp3) is 0.318. The smallest absolute Gasteiger partial charge is 0.262 e. The normalized spacial score (nSPS) is 14.4. The van der Waals surface area contributed by atoms with Gasteiger partial charge in [0.15, 0.2) is 0 Å². The molecule has 2 aromatic carbocycles. The van der Waals surface area contributed by atoms with E-state index in [-0.39, 0.29) is 18.4 Å². The Labute approximate surface area is 163 Å². The van der Waals surface area contributed by atoms with Gasteiger partial charge in [0.25, 0.3) is 11.8 Å². The predicted molar refractivity (Wildman–Crippen MR) is 103 cm³/mol. The molecule has 0 saturated carbocycles. The van der Waals surface area contributed by atoms with Crippen LogP contribution in [-0.4, -0.2) is 40.6 Å². The molecule has 6 heteroatoms. The fourth-order valence-electron chi connectivity index (χ4n) is 3.47. The standard InChI is InChI=1S/C22H23FN2O3/c1-14(2)12-19(22(28)24(3)13-15-8-4-7-11-18(15)23)25-20(26)16-9-5-6-10-17(16)21(25)27/h4-11,14,19H,12-13H2,1-3H3. The largest absolute Gasteiger partial charge is 0.340 e. The minimum atomic E-state index is -0.927. The summed E-state index contributed by atoms with van der Waals surface area (Å²) in [5, 5.41) is 0.